The number of rotatable bonds is 7. The Balaban J connectivity index is 1.55. The average molecular weight is 492 g/mol. The molecular weight excluding hydrogens is 465 g/mol. The molecule has 2 fully saturated rings. The second-order valence-corrected chi connectivity index (χ2v) is 9.89. The summed E-state index contributed by atoms with van der Waals surface area (Å²) in [5, 5.41) is 2.72. The molecule has 2 aromatic carbocycles. The van der Waals surface area contributed by atoms with Gasteiger partial charge in [0.05, 0.1) is 42.0 Å². The molecule has 1 atom stereocenters. The Kier molecular flexibility index (Phi) is 7.15. The van der Waals surface area contributed by atoms with Crippen molar-refractivity contribution in [3.8, 4) is 5.75 Å². The second-order valence-electron chi connectivity index (χ2n) is 7.95. The van der Waals surface area contributed by atoms with Crippen LogP contribution in [0.25, 0.3) is 0 Å². The fourth-order valence-electron chi connectivity index (χ4n) is 4.01. The molecule has 2 aliphatic heterocycles. The van der Waals surface area contributed by atoms with E-state index in [2.05, 4.69) is 5.32 Å². The summed E-state index contributed by atoms with van der Waals surface area (Å²) in [6, 6.07) is 10.2. The fraction of sp³-hybridized carbons (Fsp3) is 0.391. The van der Waals surface area contributed by atoms with E-state index in [1.54, 1.807) is 13.0 Å². The molecule has 0 bridgehead atoms. The normalized spacial score (nSPS) is 19.3. The highest BCUT2D eigenvalue weighted by atomic mass is 32.2. The third kappa shape index (κ3) is 4.91. The van der Waals surface area contributed by atoms with Crippen LogP contribution in [0.3, 0.4) is 0 Å². The van der Waals surface area contributed by atoms with Gasteiger partial charge in [-0.25, -0.2) is 12.8 Å². The van der Waals surface area contributed by atoms with Crippen molar-refractivity contribution in [1.29, 1.82) is 0 Å². The quantitative estimate of drug-likeness (QED) is 0.637. The van der Waals surface area contributed by atoms with Gasteiger partial charge < -0.3 is 19.7 Å². The topological polar surface area (TPSA) is 105 Å². The van der Waals surface area contributed by atoms with Crippen molar-refractivity contribution >= 4 is 33.2 Å². The molecule has 2 saturated heterocycles. The lowest BCUT2D eigenvalue weighted by atomic mass is 10.1. The van der Waals surface area contributed by atoms with Crippen molar-refractivity contribution in [2.75, 3.05) is 49.7 Å². The Morgan fingerprint density at radius 1 is 1.21 bits per heavy atom. The number of para-hydroxylation sites is 1. The maximum atomic E-state index is 14.2. The summed E-state index contributed by atoms with van der Waals surface area (Å²) in [7, 11) is -3.79. The van der Waals surface area contributed by atoms with E-state index in [4.69, 9.17) is 9.47 Å². The minimum Gasteiger partial charge on any atom is -0.492 e. The Morgan fingerprint density at radius 2 is 1.94 bits per heavy atom. The van der Waals surface area contributed by atoms with Crippen LogP contribution in [0.1, 0.15) is 13.3 Å². The summed E-state index contributed by atoms with van der Waals surface area (Å²) in [6.07, 6.45) is -0.0874. The lowest BCUT2D eigenvalue weighted by molar-refractivity contribution is -0.122. The summed E-state index contributed by atoms with van der Waals surface area (Å²) in [4.78, 5) is 26.8. The minimum atomic E-state index is -3.79. The summed E-state index contributed by atoms with van der Waals surface area (Å²) < 4.78 is 52.4. The SMILES string of the molecule is CCOc1ccc(S(=O)(=O)N2CCOCC2)cc1NC(=O)C1CC(=O)N(c2ccccc2F)C1. The number of amides is 2. The summed E-state index contributed by atoms with van der Waals surface area (Å²) in [5.41, 5.74) is 0.314. The third-order valence-electron chi connectivity index (χ3n) is 5.76. The van der Waals surface area contributed by atoms with E-state index in [1.807, 2.05) is 0 Å². The number of nitrogens with one attached hydrogen (secondary N) is 1. The van der Waals surface area contributed by atoms with Gasteiger partial charge in [0.1, 0.15) is 11.6 Å². The van der Waals surface area contributed by atoms with Crippen molar-refractivity contribution < 1.29 is 31.9 Å². The first-order valence-electron chi connectivity index (χ1n) is 11.0. The van der Waals surface area contributed by atoms with Crippen LogP contribution in [0.5, 0.6) is 5.75 Å². The van der Waals surface area contributed by atoms with Gasteiger partial charge >= 0.3 is 0 Å². The summed E-state index contributed by atoms with van der Waals surface area (Å²) >= 11 is 0. The van der Waals surface area contributed by atoms with E-state index in [9.17, 15) is 22.4 Å². The minimum absolute atomic E-state index is 0.0152. The average Bonchev–Trinajstić information content (AvgIpc) is 3.22. The van der Waals surface area contributed by atoms with Crippen LogP contribution in [0, 0.1) is 11.7 Å². The van der Waals surface area contributed by atoms with E-state index >= 15 is 0 Å². The zero-order valence-electron chi connectivity index (χ0n) is 18.7. The second kappa shape index (κ2) is 10.1. The highest BCUT2D eigenvalue weighted by Gasteiger charge is 2.36. The standard InChI is InChI=1S/C23H26FN3O6S/c1-2-33-21-8-7-17(34(30,31)26-9-11-32-12-10-26)14-19(21)25-23(29)16-13-22(28)27(15-16)20-6-4-3-5-18(20)24/h3-8,14,16H,2,9-13,15H2,1H3,(H,25,29). The van der Waals surface area contributed by atoms with E-state index in [1.165, 1.54) is 45.6 Å². The number of nitrogens with zero attached hydrogens (tertiary/aromatic N) is 2. The Bertz CT molecular complexity index is 1180. The molecule has 0 aliphatic carbocycles. The molecule has 182 valence electrons. The van der Waals surface area contributed by atoms with Gasteiger partial charge in [0.2, 0.25) is 21.8 Å². The van der Waals surface area contributed by atoms with Gasteiger partial charge in [0, 0.05) is 26.1 Å². The molecule has 0 aromatic heterocycles. The van der Waals surface area contributed by atoms with Gasteiger partial charge in [-0.1, -0.05) is 12.1 Å². The highest BCUT2D eigenvalue weighted by Crippen LogP contribution is 2.32. The Hall–Kier alpha value is -3.02. The number of morpholine rings is 1. The predicted molar refractivity (Wildman–Crippen MR) is 123 cm³/mol. The molecule has 9 nitrogen and oxygen atoms in total. The van der Waals surface area contributed by atoms with Gasteiger partial charge in [-0.15, -0.1) is 0 Å². The van der Waals surface area contributed by atoms with Gasteiger partial charge in [-0.05, 0) is 37.3 Å². The number of anilines is 2. The molecule has 1 N–H and O–H groups in total. The number of halogens is 1. The number of ether oxygens (including phenoxy) is 2. The molecule has 2 amide bonds. The van der Waals surface area contributed by atoms with Crippen LogP contribution in [-0.4, -0.2) is 64.0 Å². The summed E-state index contributed by atoms with van der Waals surface area (Å²) in [5.74, 6) is -1.81. The van der Waals surface area contributed by atoms with Gasteiger partial charge in [0.25, 0.3) is 0 Å². The number of hydrogen-bond acceptors (Lipinski definition) is 6. The van der Waals surface area contributed by atoms with Crippen LogP contribution < -0.4 is 15.0 Å². The highest BCUT2D eigenvalue weighted by molar-refractivity contribution is 7.89. The number of sulfonamides is 1. The van der Waals surface area contributed by atoms with Crippen molar-refractivity contribution in [1.82, 2.24) is 4.31 Å². The van der Waals surface area contributed by atoms with Crippen LogP contribution >= 0.6 is 0 Å². The fourth-order valence-corrected chi connectivity index (χ4v) is 5.44. The number of hydrogen-bond donors (Lipinski definition) is 1. The van der Waals surface area contributed by atoms with Gasteiger partial charge in [-0.2, -0.15) is 4.31 Å². The Labute approximate surface area is 197 Å². The maximum absolute atomic E-state index is 14.2. The zero-order valence-corrected chi connectivity index (χ0v) is 19.5. The molecule has 1 unspecified atom stereocenters. The van der Waals surface area contributed by atoms with Gasteiger partial charge in [0.15, 0.2) is 0 Å². The predicted octanol–water partition coefficient (Wildman–Crippen LogP) is 2.24. The van der Waals surface area contributed by atoms with E-state index in [0.29, 0.717) is 25.6 Å². The lowest BCUT2D eigenvalue weighted by Crippen LogP contribution is -2.40. The van der Waals surface area contributed by atoms with Crippen LogP contribution in [0.4, 0.5) is 15.8 Å². The van der Waals surface area contributed by atoms with Crippen molar-refractivity contribution in [2.24, 2.45) is 5.92 Å². The number of carbonyl (C=O) groups is 2. The molecular formula is C23H26FN3O6S. The number of carbonyl (C=O) groups excluding carboxylic acids is 2. The summed E-state index contributed by atoms with van der Waals surface area (Å²) in [6.45, 7) is 3.21. The third-order valence-corrected chi connectivity index (χ3v) is 7.65. The molecule has 0 radical (unpaired) electrons. The van der Waals surface area contributed by atoms with E-state index in [-0.39, 0.29) is 48.2 Å². The number of benzene rings is 2. The van der Waals surface area contributed by atoms with Crippen LogP contribution in [0.15, 0.2) is 47.4 Å². The zero-order chi connectivity index (χ0) is 24.3. The molecule has 4 rings (SSSR count). The van der Waals surface area contributed by atoms with E-state index in [0.717, 1.165) is 0 Å². The van der Waals surface area contributed by atoms with Crippen molar-refractivity contribution in [3.63, 3.8) is 0 Å². The monoisotopic (exact) mass is 491 g/mol. The smallest absolute Gasteiger partial charge is 0.243 e. The first kappa shape index (κ1) is 24.1. The van der Waals surface area contributed by atoms with Crippen LogP contribution in [0.2, 0.25) is 0 Å². The maximum Gasteiger partial charge on any atom is 0.243 e. The first-order chi connectivity index (χ1) is 16.3. The molecule has 2 aliphatic rings. The molecule has 2 aromatic rings. The first-order valence-corrected chi connectivity index (χ1v) is 12.5. The molecule has 11 heteroatoms. The molecule has 0 spiro atoms. The largest absolute Gasteiger partial charge is 0.492 e. The van der Waals surface area contributed by atoms with Gasteiger partial charge in [-0.3, -0.25) is 9.59 Å². The lowest BCUT2D eigenvalue weighted by Gasteiger charge is -2.26. The van der Waals surface area contributed by atoms with Crippen LogP contribution in [-0.2, 0) is 24.3 Å². The molecule has 0 saturated carbocycles. The molecule has 34 heavy (non-hydrogen) atoms. The molecule has 2 heterocycles. The van der Waals surface area contributed by atoms with Crippen molar-refractivity contribution in [2.45, 2.75) is 18.2 Å². The Morgan fingerprint density at radius 3 is 2.65 bits per heavy atom. The van der Waals surface area contributed by atoms with Crippen molar-refractivity contribution in [3.05, 3.63) is 48.3 Å². The van der Waals surface area contributed by atoms with E-state index < -0.39 is 27.7 Å².